The second-order valence-corrected chi connectivity index (χ2v) is 7.45. The highest BCUT2D eigenvalue weighted by Gasteiger charge is 2.11. The lowest BCUT2D eigenvalue weighted by Crippen LogP contribution is -2.35. The summed E-state index contributed by atoms with van der Waals surface area (Å²) in [6.45, 7) is 8.11. The average Bonchev–Trinajstić information content (AvgIpc) is 2.33. The van der Waals surface area contributed by atoms with E-state index in [4.69, 9.17) is 4.74 Å². The summed E-state index contributed by atoms with van der Waals surface area (Å²) in [6.07, 6.45) is 3.21. The fourth-order valence-electron chi connectivity index (χ4n) is 1.57. The summed E-state index contributed by atoms with van der Waals surface area (Å²) in [5, 5.41) is 3.50. The van der Waals surface area contributed by atoms with Gasteiger partial charge in [0, 0.05) is 22.1 Å². The first-order chi connectivity index (χ1) is 8.92. The van der Waals surface area contributed by atoms with Gasteiger partial charge in [0.1, 0.15) is 5.75 Å². The molecule has 0 saturated heterocycles. The first-order valence-corrected chi connectivity index (χ1v) is 8.76. The van der Waals surface area contributed by atoms with Crippen molar-refractivity contribution in [1.82, 2.24) is 5.32 Å². The van der Waals surface area contributed by atoms with Crippen molar-refractivity contribution in [3.8, 4) is 5.75 Å². The Labute approximate surface area is 129 Å². The number of ether oxygens (including phenoxy) is 1. The van der Waals surface area contributed by atoms with Crippen molar-refractivity contribution in [1.29, 1.82) is 0 Å². The van der Waals surface area contributed by atoms with E-state index in [1.807, 2.05) is 23.9 Å². The predicted octanol–water partition coefficient (Wildman–Crippen LogP) is 4.47. The van der Waals surface area contributed by atoms with Crippen molar-refractivity contribution < 1.29 is 4.74 Å². The maximum absolute atomic E-state index is 5.89. The van der Waals surface area contributed by atoms with Crippen LogP contribution in [0.2, 0.25) is 0 Å². The number of hydrogen-bond donors (Lipinski definition) is 1. The number of thioether (sulfide) groups is 1. The van der Waals surface area contributed by atoms with E-state index in [1.165, 1.54) is 5.56 Å². The zero-order chi connectivity index (χ0) is 14.3. The zero-order valence-corrected chi connectivity index (χ0v) is 14.7. The number of rotatable bonds is 7. The minimum absolute atomic E-state index is 0.110. The van der Waals surface area contributed by atoms with Crippen LogP contribution in [0.5, 0.6) is 5.75 Å². The average molecular weight is 346 g/mol. The Morgan fingerprint density at radius 1 is 1.32 bits per heavy atom. The van der Waals surface area contributed by atoms with Gasteiger partial charge in [0.15, 0.2) is 0 Å². The van der Waals surface area contributed by atoms with Gasteiger partial charge in [-0.15, -0.1) is 0 Å². The van der Waals surface area contributed by atoms with Gasteiger partial charge in [-0.25, -0.2) is 0 Å². The van der Waals surface area contributed by atoms with Crippen LogP contribution in [-0.4, -0.2) is 24.2 Å². The van der Waals surface area contributed by atoms with E-state index in [9.17, 15) is 0 Å². The van der Waals surface area contributed by atoms with Crippen molar-refractivity contribution in [3.63, 3.8) is 0 Å². The number of hydrogen-bond acceptors (Lipinski definition) is 3. The van der Waals surface area contributed by atoms with Crippen LogP contribution >= 0.6 is 27.7 Å². The Hall–Kier alpha value is -0.190. The van der Waals surface area contributed by atoms with Crippen molar-refractivity contribution in [2.75, 3.05) is 18.6 Å². The van der Waals surface area contributed by atoms with Crippen molar-refractivity contribution in [3.05, 3.63) is 28.2 Å². The lowest BCUT2D eigenvalue weighted by atomic mass is 10.1. The molecule has 1 aromatic rings. The number of halogens is 1. The molecular weight excluding hydrogens is 322 g/mol. The molecule has 0 aliphatic rings. The van der Waals surface area contributed by atoms with Gasteiger partial charge in [-0.1, -0.05) is 15.9 Å². The molecule has 0 aromatic heterocycles. The number of nitrogens with one attached hydrogen (secondary N) is 1. The van der Waals surface area contributed by atoms with Gasteiger partial charge in [-0.05, 0) is 57.4 Å². The van der Waals surface area contributed by atoms with Crippen LogP contribution in [0, 0.1) is 0 Å². The molecule has 0 aliphatic heterocycles. The second-order valence-electron chi connectivity index (χ2n) is 5.55. The summed E-state index contributed by atoms with van der Waals surface area (Å²) in [5.41, 5.74) is 1.31. The summed E-state index contributed by atoms with van der Waals surface area (Å²) >= 11 is 5.38. The Morgan fingerprint density at radius 2 is 2.05 bits per heavy atom. The van der Waals surface area contributed by atoms with Gasteiger partial charge in [0.25, 0.3) is 0 Å². The number of benzene rings is 1. The van der Waals surface area contributed by atoms with Crippen LogP contribution < -0.4 is 10.1 Å². The minimum Gasteiger partial charge on any atom is -0.493 e. The highest BCUT2D eigenvalue weighted by atomic mass is 79.9. The predicted molar refractivity (Wildman–Crippen MR) is 89.2 cm³/mol. The van der Waals surface area contributed by atoms with Crippen LogP contribution in [0.3, 0.4) is 0 Å². The maximum atomic E-state index is 5.89. The van der Waals surface area contributed by atoms with Gasteiger partial charge in [0.2, 0.25) is 0 Å². The van der Waals surface area contributed by atoms with Gasteiger partial charge >= 0.3 is 0 Å². The summed E-state index contributed by atoms with van der Waals surface area (Å²) < 4.78 is 6.98. The fourth-order valence-corrected chi connectivity index (χ4v) is 2.39. The third kappa shape index (κ3) is 7.23. The Balaban J connectivity index is 2.63. The largest absolute Gasteiger partial charge is 0.493 e. The van der Waals surface area contributed by atoms with Crippen molar-refractivity contribution in [2.24, 2.45) is 0 Å². The highest BCUT2D eigenvalue weighted by molar-refractivity contribution is 9.10. The van der Waals surface area contributed by atoms with E-state index in [1.54, 1.807) is 0 Å². The van der Waals surface area contributed by atoms with Gasteiger partial charge < -0.3 is 10.1 Å². The summed E-state index contributed by atoms with van der Waals surface area (Å²) in [4.78, 5) is 0. The third-order valence-electron chi connectivity index (χ3n) is 2.58. The summed E-state index contributed by atoms with van der Waals surface area (Å²) in [5.74, 6) is 2.13. The summed E-state index contributed by atoms with van der Waals surface area (Å²) in [6, 6.07) is 6.20. The Kier molecular flexibility index (Phi) is 7.26. The van der Waals surface area contributed by atoms with E-state index in [-0.39, 0.29) is 5.54 Å². The quantitative estimate of drug-likeness (QED) is 0.736. The standard InChI is InChI=1S/C15H24BrNOS/c1-15(2,3)17-11-12-10-13(16)6-7-14(12)18-8-5-9-19-4/h6-7,10,17H,5,8-9,11H2,1-4H3. The molecule has 0 atom stereocenters. The van der Waals surface area contributed by atoms with Gasteiger partial charge in [0.05, 0.1) is 6.61 Å². The van der Waals surface area contributed by atoms with Gasteiger partial charge in [-0.2, -0.15) is 11.8 Å². The van der Waals surface area contributed by atoms with E-state index in [2.05, 4.69) is 54.3 Å². The molecule has 1 N–H and O–H groups in total. The first-order valence-electron chi connectivity index (χ1n) is 6.57. The lowest BCUT2D eigenvalue weighted by Gasteiger charge is -2.22. The second kappa shape index (κ2) is 8.18. The van der Waals surface area contributed by atoms with E-state index in [0.717, 1.165) is 35.5 Å². The Bertz CT molecular complexity index is 390. The lowest BCUT2D eigenvalue weighted by molar-refractivity contribution is 0.312. The molecule has 2 nitrogen and oxygen atoms in total. The van der Waals surface area contributed by atoms with Crippen LogP contribution in [0.15, 0.2) is 22.7 Å². The molecule has 0 amide bonds. The molecule has 1 aromatic carbocycles. The van der Waals surface area contributed by atoms with Crippen LogP contribution in [0.1, 0.15) is 32.8 Å². The molecule has 0 saturated carbocycles. The molecule has 1 rings (SSSR count). The smallest absolute Gasteiger partial charge is 0.123 e. The molecule has 0 unspecified atom stereocenters. The van der Waals surface area contributed by atoms with Crippen LogP contribution in [0.25, 0.3) is 0 Å². The fraction of sp³-hybridized carbons (Fsp3) is 0.600. The molecule has 0 heterocycles. The molecular formula is C15H24BrNOS. The SMILES string of the molecule is CSCCCOc1ccc(Br)cc1CNC(C)(C)C. The van der Waals surface area contributed by atoms with Crippen molar-refractivity contribution in [2.45, 2.75) is 39.3 Å². The zero-order valence-electron chi connectivity index (χ0n) is 12.3. The Morgan fingerprint density at radius 3 is 2.68 bits per heavy atom. The molecule has 0 bridgehead atoms. The minimum atomic E-state index is 0.110. The molecule has 0 spiro atoms. The topological polar surface area (TPSA) is 21.3 Å². The summed E-state index contributed by atoms with van der Waals surface area (Å²) in [7, 11) is 0. The molecule has 4 heteroatoms. The monoisotopic (exact) mass is 345 g/mol. The van der Waals surface area contributed by atoms with E-state index in [0.29, 0.717) is 0 Å². The maximum Gasteiger partial charge on any atom is 0.123 e. The first kappa shape index (κ1) is 16.9. The van der Waals surface area contributed by atoms with Gasteiger partial charge in [-0.3, -0.25) is 0 Å². The third-order valence-corrected chi connectivity index (χ3v) is 3.77. The molecule has 108 valence electrons. The van der Waals surface area contributed by atoms with Crippen molar-refractivity contribution >= 4 is 27.7 Å². The molecule has 19 heavy (non-hydrogen) atoms. The van der Waals surface area contributed by atoms with E-state index >= 15 is 0 Å². The highest BCUT2D eigenvalue weighted by Crippen LogP contribution is 2.24. The van der Waals surface area contributed by atoms with Crippen LogP contribution in [0.4, 0.5) is 0 Å². The molecule has 0 radical (unpaired) electrons. The molecule has 0 fully saturated rings. The molecule has 0 aliphatic carbocycles. The normalized spacial score (nSPS) is 11.6. The van der Waals surface area contributed by atoms with Crippen LogP contribution in [-0.2, 0) is 6.54 Å². The van der Waals surface area contributed by atoms with E-state index < -0.39 is 0 Å².